The predicted molar refractivity (Wildman–Crippen MR) is 71.7 cm³/mol. The Labute approximate surface area is 103 Å². The van der Waals surface area contributed by atoms with Crippen LogP contribution in [0.5, 0.6) is 0 Å². The van der Waals surface area contributed by atoms with Gasteiger partial charge in [-0.3, -0.25) is 0 Å². The summed E-state index contributed by atoms with van der Waals surface area (Å²) in [7, 11) is 0. The first kappa shape index (κ1) is 11.7. The van der Waals surface area contributed by atoms with E-state index in [0.29, 0.717) is 5.92 Å². The van der Waals surface area contributed by atoms with Crippen LogP contribution in [0, 0.1) is 6.92 Å². The lowest BCUT2D eigenvalue weighted by Gasteiger charge is -2.23. The van der Waals surface area contributed by atoms with Gasteiger partial charge in [-0.05, 0) is 42.9 Å². The molecular weight excluding hydrogens is 216 g/mol. The number of hydrogen-bond donors (Lipinski definition) is 0. The van der Waals surface area contributed by atoms with E-state index >= 15 is 0 Å². The molecule has 85 valence electrons. The summed E-state index contributed by atoms with van der Waals surface area (Å²) < 4.78 is 0. The van der Waals surface area contributed by atoms with Gasteiger partial charge in [0.25, 0.3) is 0 Å². The molecule has 0 nitrogen and oxygen atoms in total. The molecule has 1 heteroatoms. The first-order chi connectivity index (χ1) is 7.81. The topological polar surface area (TPSA) is 0 Å². The maximum Gasteiger partial charge on any atom is 0.0446 e. The highest BCUT2D eigenvalue weighted by Crippen LogP contribution is 2.36. The second kappa shape index (κ2) is 5.54. The Morgan fingerprint density at radius 2 is 1.94 bits per heavy atom. The fourth-order valence-electron chi connectivity index (χ4n) is 2.53. The van der Waals surface area contributed by atoms with Crippen LogP contribution in [0.25, 0.3) is 6.08 Å². The molecule has 0 aromatic heterocycles. The molecule has 1 aliphatic rings. The van der Waals surface area contributed by atoms with Crippen LogP contribution in [0.1, 0.15) is 49.1 Å². The van der Waals surface area contributed by atoms with Crippen LogP contribution < -0.4 is 0 Å². The standard InChI is InChI=1S/C15H18Cl/c1-2-6-12-9-10-14(15(16)11-12)13-7-4-3-5-8-13/h2,6,9-11,13H,1,3-5,7-8H2. The number of hydrogen-bond acceptors (Lipinski definition) is 0. The zero-order chi connectivity index (χ0) is 11.4. The first-order valence-corrected chi connectivity index (χ1v) is 6.44. The highest BCUT2D eigenvalue weighted by molar-refractivity contribution is 6.31. The van der Waals surface area contributed by atoms with Gasteiger partial charge in [0.15, 0.2) is 0 Å². The van der Waals surface area contributed by atoms with Gasteiger partial charge in [0, 0.05) is 5.02 Å². The lowest BCUT2D eigenvalue weighted by Crippen LogP contribution is -2.05. The molecular formula is C15H18Cl. The largest absolute Gasteiger partial charge is 0.0840 e. The summed E-state index contributed by atoms with van der Waals surface area (Å²) in [4.78, 5) is 0. The number of benzene rings is 1. The van der Waals surface area contributed by atoms with Gasteiger partial charge in [-0.1, -0.05) is 55.1 Å². The van der Waals surface area contributed by atoms with Gasteiger partial charge >= 0.3 is 0 Å². The molecule has 0 aliphatic heterocycles. The highest BCUT2D eigenvalue weighted by atomic mass is 35.5. The number of rotatable bonds is 2. The normalized spacial score (nSPS) is 18.1. The molecule has 0 N–H and O–H groups in total. The summed E-state index contributed by atoms with van der Waals surface area (Å²) >= 11 is 6.34. The van der Waals surface area contributed by atoms with Crippen LogP contribution in [0.15, 0.2) is 24.3 Å². The lowest BCUT2D eigenvalue weighted by atomic mass is 9.84. The minimum absolute atomic E-state index is 0.680. The average Bonchev–Trinajstić information content (AvgIpc) is 2.31. The fraction of sp³-hybridized carbons (Fsp3) is 0.400. The molecule has 1 radical (unpaired) electrons. The average molecular weight is 234 g/mol. The summed E-state index contributed by atoms with van der Waals surface area (Å²) in [5.74, 6) is 0.680. The summed E-state index contributed by atoms with van der Waals surface area (Å²) in [6.45, 7) is 3.70. The van der Waals surface area contributed by atoms with E-state index in [-0.39, 0.29) is 0 Å². The fourth-order valence-corrected chi connectivity index (χ4v) is 2.87. The maximum atomic E-state index is 6.34. The Morgan fingerprint density at radius 1 is 1.19 bits per heavy atom. The van der Waals surface area contributed by atoms with Gasteiger partial charge in [-0.25, -0.2) is 0 Å². The molecule has 0 saturated heterocycles. The van der Waals surface area contributed by atoms with Gasteiger partial charge in [-0.15, -0.1) is 0 Å². The monoisotopic (exact) mass is 233 g/mol. The van der Waals surface area contributed by atoms with Crippen LogP contribution in [0.2, 0.25) is 5.02 Å². The van der Waals surface area contributed by atoms with Crippen molar-refractivity contribution in [2.75, 3.05) is 0 Å². The minimum Gasteiger partial charge on any atom is -0.0840 e. The molecule has 2 rings (SSSR count). The van der Waals surface area contributed by atoms with Crippen molar-refractivity contribution < 1.29 is 0 Å². The maximum absolute atomic E-state index is 6.34. The van der Waals surface area contributed by atoms with Gasteiger partial charge in [0.1, 0.15) is 0 Å². The summed E-state index contributed by atoms with van der Waals surface area (Å²) in [5, 5.41) is 0.919. The van der Waals surface area contributed by atoms with Crippen molar-refractivity contribution in [1.29, 1.82) is 0 Å². The van der Waals surface area contributed by atoms with Gasteiger partial charge < -0.3 is 0 Å². The Kier molecular flexibility index (Phi) is 4.06. The summed E-state index contributed by atoms with van der Waals surface area (Å²) in [6.07, 6.45) is 10.5. The molecule has 0 bridgehead atoms. The molecule has 1 aliphatic carbocycles. The molecule has 0 heterocycles. The van der Waals surface area contributed by atoms with Crippen molar-refractivity contribution in [3.05, 3.63) is 47.3 Å². The third-order valence-corrected chi connectivity index (χ3v) is 3.71. The quantitative estimate of drug-likeness (QED) is 0.656. The Balaban J connectivity index is 2.21. The van der Waals surface area contributed by atoms with Crippen molar-refractivity contribution >= 4 is 17.7 Å². The van der Waals surface area contributed by atoms with Crippen molar-refractivity contribution in [2.24, 2.45) is 0 Å². The third kappa shape index (κ3) is 2.68. The zero-order valence-electron chi connectivity index (χ0n) is 9.58. The van der Waals surface area contributed by atoms with E-state index in [1.54, 1.807) is 6.08 Å². The van der Waals surface area contributed by atoms with Crippen molar-refractivity contribution in [2.45, 2.75) is 38.0 Å². The smallest absolute Gasteiger partial charge is 0.0446 e. The molecule has 1 saturated carbocycles. The molecule has 1 aromatic carbocycles. The third-order valence-electron chi connectivity index (χ3n) is 3.38. The molecule has 1 fully saturated rings. The van der Waals surface area contributed by atoms with Crippen LogP contribution in [0.4, 0.5) is 0 Å². The molecule has 0 spiro atoms. The SMILES string of the molecule is [CH2]C=Cc1ccc(C2CCCCC2)c(Cl)c1. The summed E-state index contributed by atoms with van der Waals surface area (Å²) in [6, 6.07) is 6.37. The van der Waals surface area contributed by atoms with Crippen molar-refractivity contribution in [3.63, 3.8) is 0 Å². The summed E-state index contributed by atoms with van der Waals surface area (Å²) in [5.41, 5.74) is 2.47. The Bertz CT molecular complexity index is 373. The lowest BCUT2D eigenvalue weighted by molar-refractivity contribution is 0.444. The molecule has 16 heavy (non-hydrogen) atoms. The van der Waals surface area contributed by atoms with E-state index in [0.717, 1.165) is 10.6 Å². The van der Waals surface area contributed by atoms with Crippen LogP contribution in [-0.2, 0) is 0 Å². The molecule has 1 aromatic rings. The van der Waals surface area contributed by atoms with Crippen LogP contribution in [-0.4, -0.2) is 0 Å². The molecule has 0 atom stereocenters. The number of halogens is 1. The van der Waals surface area contributed by atoms with E-state index < -0.39 is 0 Å². The second-order valence-electron chi connectivity index (χ2n) is 4.52. The van der Waals surface area contributed by atoms with Crippen LogP contribution >= 0.6 is 11.6 Å². The van der Waals surface area contributed by atoms with E-state index in [9.17, 15) is 0 Å². The predicted octanol–water partition coefficient (Wildman–Crippen LogP) is 5.23. The van der Waals surface area contributed by atoms with E-state index in [2.05, 4.69) is 19.1 Å². The van der Waals surface area contributed by atoms with E-state index in [1.807, 2.05) is 12.1 Å². The van der Waals surface area contributed by atoms with Crippen molar-refractivity contribution in [3.8, 4) is 0 Å². The van der Waals surface area contributed by atoms with E-state index in [1.165, 1.54) is 37.7 Å². The Hall–Kier alpha value is -0.750. The van der Waals surface area contributed by atoms with Gasteiger partial charge in [0.2, 0.25) is 0 Å². The molecule has 0 unspecified atom stereocenters. The zero-order valence-corrected chi connectivity index (χ0v) is 10.3. The Morgan fingerprint density at radius 3 is 2.56 bits per heavy atom. The van der Waals surface area contributed by atoms with Gasteiger partial charge in [0.05, 0.1) is 0 Å². The second-order valence-corrected chi connectivity index (χ2v) is 4.93. The minimum atomic E-state index is 0.680. The first-order valence-electron chi connectivity index (χ1n) is 6.06. The van der Waals surface area contributed by atoms with E-state index in [4.69, 9.17) is 11.6 Å². The van der Waals surface area contributed by atoms with Gasteiger partial charge in [-0.2, -0.15) is 0 Å². The highest BCUT2D eigenvalue weighted by Gasteiger charge is 2.17. The number of allylic oxidation sites excluding steroid dienone is 1. The molecule has 0 amide bonds. The van der Waals surface area contributed by atoms with Crippen molar-refractivity contribution in [1.82, 2.24) is 0 Å². The van der Waals surface area contributed by atoms with Crippen LogP contribution in [0.3, 0.4) is 0 Å².